The first-order valence-electron chi connectivity index (χ1n) is 6.07. The number of aldehydes is 1. The summed E-state index contributed by atoms with van der Waals surface area (Å²) in [4.78, 5) is 10.6. The second kappa shape index (κ2) is 11.1. The van der Waals surface area contributed by atoms with Gasteiger partial charge in [-0.05, 0) is 25.5 Å². The fourth-order valence-electron chi connectivity index (χ4n) is 1.24. The Morgan fingerprint density at radius 3 is 2.47 bits per heavy atom. The van der Waals surface area contributed by atoms with Gasteiger partial charge in [0.15, 0.2) is 6.29 Å². The molecule has 0 aromatic heterocycles. The molecule has 1 rings (SSSR count). The lowest BCUT2D eigenvalue weighted by atomic mass is 10.2. The Hall–Kier alpha value is -1.35. The number of benzene rings is 1. The molecule has 0 unspecified atom stereocenters. The number of carbonyl (C=O) groups is 1. The van der Waals surface area contributed by atoms with Gasteiger partial charge in [0.25, 0.3) is 0 Å². The van der Waals surface area contributed by atoms with E-state index in [4.69, 9.17) is 9.84 Å². The fraction of sp³-hybridized carbons (Fsp3) is 0.500. The minimum Gasteiger partial charge on any atom is -0.493 e. The lowest BCUT2D eigenvalue weighted by molar-refractivity contribution is 0.111. The zero-order chi connectivity index (χ0) is 12.9. The van der Waals surface area contributed by atoms with Crippen LogP contribution < -0.4 is 4.74 Å². The molecule has 0 bridgehead atoms. The fourth-order valence-corrected chi connectivity index (χ4v) is 1.24. The maximum atomic E-state index is 10.6. The summed E-state index contributed by atoms with van der Waals surface area (Å²) < 4.78 is 5.50. The highest BCUT2D eigenvalue weighted by atomic mass is 16.5. The number of aliphatic hydroxyl groups excluding tert-OH is 1. The topological polar surface area (TPSA) is 46.5 Å². The van der Waals surface area contributed by atoms with E-state index < -0.39 is 0 Å². The third-order valence-corrected chi connectivity index (χ3v) is 2.05. The second-order valence-corrected chi connectivity index (χ2v) is 3.53. The highest BCUT2D eigenvalue weighted by Crippen LogP contribution is 2.15. The summed E-state index contributed by atoms with van der Waals surface area (Å²) in [5, 5.41) is 7.57. The van der Waals surface area contributed by atoms with Crippen molar-refractivity contribution in [2.24, 2.45) is 0 Å². The van der Waals surface area contributed by atoms with Crippen molar-refractivity contribution >= 4 is 6.29 Å². The average molecular weight is 238 g/mol. The molecule has 0 spiro atoms. The van der Waals surface area contributed by atoms with E-state index in [2.05, 4.69) is 6.92 Å². The Morgan fingerprint density at radius 1 is 1.24 bits per heavy atom. The average Bonchev–Trinajstić information content (AvgIpc) is 2.36. The monoisotopic (exact) mass is 238 g/mol. The smallest absolute Gasteiger partial charge is 0.153 e. The summed E-state index contributed by atoms with van der Waals surface area (Å²) in [6, 6.07) is 7.31. The van der Waals surface area contributed by atoms with E-state index in [1.54, 1.807) is 13.0 Å². The van der Waals surface area contributed by atoms with Crippen molar-refractivity contribution in [2.75, 3.05) is 13.2 Å². The molecule has 0 atom stereocenters. The van der Waals surface area contributed by atoms with E-state index >= 15 is 0 Å². The Balaban J connectivity index is 0.000000770. The molecule has 3 nitrogen and oxygen atoms in total. The van der Waals surface area contributed by atoms with E-state index in [0.29, 0.717) is 17.9 Å². The van der Waals surface area contributed by atoms with Crippen LogP contribution in [-0.2, 0) is 0 Å². The van der Waals surface area contributed by atoms with Crippen molar-refractivity contribution in [3.05, 3.63) is 29.8 Å². The maximum Gasteiger partial charge on any atom is 0.153 e. The Morgan fingerprint density at radius 2 is 1.88 bits per heavy atom. The van der Waals surface area contributed by atoms with Crippen molar-refractivity contribution in [1.29, 1.82) is 0 Å². The van der Waals surface area contributed by atoms with Gasteiger partial charge in [-0.2, -0.15) is 0 Å². The van der Waals surface area contributed by atoms with Gasteiger partial charge in [-0.15, -0.1) is 0 Å². The lowest BCUT2D eigenvalue weighted by Crippen LogP contribution is -1.99. The number of ether oxygens (including phenoxy) is 1. The van der Waals surface area contributed by atoms with E-state index in [1.165, 1.54) is 12.8 Å². The molecule has 0 heterocycles. The zero-order valence-corrected chi connectivity index (χ0v) is 10.7. The van der Waals surface area contributed by atoms with Crippen molar-refractivity contribution < 1.29 is 14.6 Å². The van der Waals surface area contributed by atoms with Crippen LogP contribution >= 0.6 is 0 Å². The van der Waals surface area contributed by atoms with Crippen LogP contribution in [0.25, 0.3) is 0 Å². The SMILES string of the molecule is CCCCCOc1ccccc1C=O.CCO. The predicted octanol–water partition coefficient (Wildman–Crippen LogP) is 3.07. The summed E-state index contributed by atoms with van der Waals surface area (Å²) >= 11 is 0. The minimum absolute atomic E-state index is 0.250. The Bertz CT molecular complexity index is 297. The minimum atomic E-state index is 0.250. The van der Waals surface area contributed by atoms with Crippen LogP contribution in [0.4, 0.5) is 0 Å². The number of aliphatic hydroxyl groups is 1. The van der Waals surface area contributed by atoms with Crippen LogP contribution in [0.2, 0.25) is 0 Å². The predicted molar refractivity (Wildman–Crippen MR) is 69.6 cm³/mol. The normalized spacial score (nSPS) is 9.12. The van der Waals surface area contributed by atoms with Crippen molar-refractivity contribution in [2.45, 2.75) is 33.1 Å². The van der Waals surface area contributed by atoms with Gasteiger partial charge in [-0.3, -0.25) is 4.79 Å². The molecule has 17 heavy (non-hydrogen) atoms. The maximum absolute atomic E-state index is 10.6. The first-order valence-corrected chi connectivity index (χ1v) is 6.07. The molecule has 0 aliphatic carbocycles. The van der Waals surface area contributed by atoms with Gasteiger partial charge in [-0.25, -0.2) is 0 Å². The van der Waals surface area contributed by atoms with Crippen LogP contribution in [0.5, 0.6) is 5.75 Å². The van der Waals surface area contributed by atoms with Crippen LogP contribution in [0.15, 0.2) is 24.3 Å². The number of hydrogen-bond acceptors (Lipinski definition) is 3. The molecule has 0 radical (unpaired) electrons. The van der Waals surface area contributed by atoms with Crippen molar-refractivity contribution in [3.63, 3.8) is 0 Å². The first kappa shape index (κ1) is 15.7. The Kier molecular flexibility index (Phi) is 10.3. The number of rotatable bonds is 6. The van der Waals surface area contributed by atoms with E-state index in [0.717, 1.165) is 12.7 Å². The standard InChI is InChI=1S/C12H16O2.C2H6O/c1-2-3-6-9-14-12-8-5-4-7-11(12)10-13;1-2-3/h4-5,7-8,10H,2-3,6,9H2,1H3;3H,2H2,1H3. The molecule has 1 aromatic rings. The molecular formula is C14H22O3. The number of unbranched alkanes of at least 4 members (excludes halogenated alkanes) is 2. The summed E-state index contributed by atoms with van der Waals surface area (Å²) in [6.07, 6.45) is 4.22. The van der Waals surface area contributed by atoms with Gasteiger partial charge >= 0.3 is 0 Å². The van der Waals surface area contributed by atoms with Gasteiger partial charge in [0.1, 0.15) is 5.75 Å². The molecule has 3 heteroatoms. The highest BCUT2D eigenvalue weighted by molar-refractivity contribution is 5.79. The van der Waals surface area contributed by atoms with Crippen LogP contribution in [0, 0.1) is 0 Å². The number of carbonyl (C=O) groups excluding carboxylic acids is 1. The van der Waals surface area contributed by atoms with Crippen LogP contribution in [-0.4, -0.2) is 24.6 Å². The summed E-state index contributed by atoms with van der Waals surface area (Å²) in [5.41, 5.74) is 0.629. The van der Waals surface area contributed by atoms with Crippen molar-refractivity contribution in [1.82, 2.24) is 0 Å². The lowest BCUT2D eigenvalue weighted by Gasteiger charge is -2.07. The quantitative estimate of drug-likeness (QED) is 0.612. The Labute approximate surface area is 103 Å². The molecule has 0 fully saturated rings. The van der Waals surface area contributed by atoms with Crippen molar-refractivity contribution in [3.8, 4) is 5.75 Å². The van der Waals surface area contributed by atoms with E-state index in [1.807, 2.05) is 18.2 Å². The molecule has 0 amide bonds. The largest absolute Gasteiger partial charge is 0.493 e. The van der Waals surface area contributed by atoms with Gasteiger partial charge < -0.3 is 9.84 Å². The molecule has 0 saturated carbocycles. The first-order chi connectivity index (χ1) is 8.29. The second-order valence-electron chi connectivity index (χ2n) is 3.53. The van der Waals surface area contributed by atoms with Gasteiger partial charge in [-0.1, -0.05) is 31.9 Å². The van der Waals surface area contributed by atoms with E-state index in [9.17, 15) is 4.79 Å². The van der Waals surface area contributed by atoms with Gasteiger partial charge in [0, 0.05) is 6.61 Å². The number of hydrogen-bond donors (Lipinski definition) is 1. The zero-order valence-electron chi connectivity index (χ0n) is 10.7. The number of para-hydroxylation sites is 1. The van der Waals surface area contributed by atoms with Crippen LogP contribution in [0.3, 0.4) is 0 Å². The molecule has 0 aliphatic heterocycles. The third kappa shape index (κ3) is 7.53. The van der Waals surface area contributed by atoms with E-state index in [-0.39, 0.29) is 6.61 Å². The molecule has 1 N–H and O–H groups in total. The van der Waals surface area contributed by atoms with Gasteiger partial charge in [0.2, 0.25) is 0 Å². The summed E-state index contributed by atoms with van der Waals surface area (Å²) in [6.45, 7) is 4.78. The van der Waals surface area contributed by atoms with Gasteiger partial charge in [0.05, 0.1) is 12.2 Å². The van der Waals surface area contributed by atoms with Crippen LogP contribution in [0.1, 0.15) is 43.5 Å². The molecule has 0 aliphatic rings. The molecular weight excluding hydrogens is 216 g/mol. The molecule has 0 saturated heterocycles. The molecule has 96 valence electrons. The molecule has 1 aromatic carbocycles. The highest BCUT2D eigenvalue weighted by Gasteiger charge is 1.99. The third-order valence-electron chi connectivity index (χ3n) is 2.05. The summed E-state index contributed by atoms with van der Waals surface area (Å²) in [7, 11) is 0. The summed E-state index contributed by atoms with van der Waals surface area (Å²) in [5.74, 6) is 0.693.